The highest BCUT2D eigenvalue weighted by molar-refractivity contribution is 7.16. The first-order valence-corrected chi connectivity index (χ1v) is 9.31. The van der Waals surface area contributed by atoms with Crippen LogP contribution in [0.1, 0.15) is 20.4 Å². The van der Waals surface area contributed by atoms with E-state index in [0.717, 1.165) is 20.9 Å². The molecule has 0 atom stereocenters. The van der Waals surface area contributed by atoms with E-state index in [9.17, 15) is 4.79 Å². The lowest BCUT2D eigenvalue weighted by Gasteiger charge is -2.04. The number of carbonyl (C=O) groups is 1. The van der Waals surface area contributed by atoms with Gasteiger partial charge in [-0.2, -0.15) is 4.99 Å². The molecule has 24 heavy (non-hydrogen) atoms. The van der Waals surface area contributed by atoms with Gasteiger partial charge in [0.25, 0.3) is 5.91 Å². The Bertz CT molecular complexity index is 972. The van der Waals surface area contributed by atoms with Crippen LogP contribution in [0, 0.1) is 13.8 Å². The minimum Gasteiger partial charge on any atom is -0.383 e. The van der Waals surface area contributed by atoms with Gasteiger partial charge in [0.1, 0.15) is 4.88 Å². The van der Waals surface area contributed by atoms with Crippen molar-refractivity contribution in [2.24, 2.45) is 4.99 Å². The predicted molar refractivity (Wildman–Crippen MR) is 98.2 cm³/mol. The Morgan fingerprint density at radius 1 is 1.38 bits per heavy atom. The first-order chi connectivity index (χ1) is 11.5. The van der Waals surface area contributed by atoms with Gasteiger partial charge in [0, 0.05) is 18.7 Å². The van der Waals surface area contributed by atoms with Crippen molar-refractivity contribution >= 4 is 50.4 Å². The number of aryl methyl sites for hydroxylation is 2. The first kappa shape index (κ1) is 17.3. The normalized spacial score (nSPS) is 12.2. The third-order valence-corrected chi connectivity index (χ3v) is 5.80. The van der Waals surface area contributed by atoms with Crippen LogP contribution in [0.4, 0.5) is 0 Å². The largest absolute Gasteiger partial charge is 0.383 e. The molecule has 2 heterocycles. The summed E-state index contributed by atoms with van der Waals surface area (Å²) in [6.07, 6.45) is 0. The molecule has 8 heteroatoms. The monoisotopic (exact) mass is 381 g/mol. The SMILES string of the molecule is COCCn1c(=NC(=O)c2sc(C)nc2C)sc2cc(Cl)ccc21. The number of halogens is 1. The Hall–Kier alpha value is -1.54. The fourth-order valence-corrected chi connectivity index (χ4v) is 4.53. The van der Waals surface area contributed by atoms with E-state index in [2.05, 4.69) is 9.98 Å². The minimum atomic E-state index is -0.262. The van der Waals surface area contributed by atoms with E-state index < -0.39 is 0 Å². The summed E-state index contributed by atoms with van der Waals surface area (Å²) in [6, 6.07) is 5.66. The van der Waals surface area contributed by atoms with Gasteiger partial charge >= 0.3 is 0 Å². The minimum absolute atomic E-state index is 0.262. The van der Waals surface area contributed by atoms with E-state index in [1.807, 2.05) is 36.6 Å². The van der Waals surface area contributed by atoms with Crippen LogP contribution < -0.4 is 4.80 Å². The Labute approximate surface area is 152 Å². The third-order valence-electron chi connectivity index (χ3n) is 3.46. The molecule has 0 N–H and O–H groups in total. The van der Waals surface area contributed by atoms with E-state index in [0.29, 0.717) is 27.9 Å². The van der Waals surface area contributed by atoms with E-state index in [1.54, 1.807) is 7.11 Å². The molecule has 5 nitrogen and oxygen atoms in total. The molecule has 126 valence electrons. The van der Waals surface area contributed by atoms with Crippen LogP contribution in [0.25, 0.3) is 10.2 Å². The number of fused-ring (bicyclic) bond motifs is 1. The van der Waals surface area contributed by atoms with Gasteiger partial charge in [-0.3, -0.25) is 4.79 Å². The zero-order valence-corrected chi connectivity index (χ0v) is 15.9. The second-order valence-corrected chi connectivity index (χ2v) is 7.85. The van der Waals surface area contributed by atoms with Gasteiger partial charge in [-0.25, -0.2) is 4.98 Å². The first-order valence-electron chi connectivity index (χ1n) is 7.30. The maximum Gasteiger partial charge on any atom is 0.291 e. The number of methoxy groups -OCH3 is 1. The quantitative estimate of drug-likeness (QED) is 0.690. The van der Waals surface area contributed by atoms with Crippen molar-refractivity contribution in [3.8, 4) is 0 Å². The van der Waals surface area contributed by atoms with Gasteiger partial charge in [-0.05, 0) is 32.0 Å². The fourth-order valence-electron chi connectivity index (χ4n) is 2.40. The number of ether oxygens (including phenoxy) is 1. The second-order valence-electron chi connectivity index (χ2n) is 5.21. The van der Waals surface area contributed by atoms with Gasteiger partial charge in [-0.15, -0.1) is 11.3 Å². The van der Waals surface area contributed by atoms with Gasteiger partial charge in [-0.1, -0.05) is 22.9 Å². The highest BCUT2D eigenvalue weighted by Gasteiger charge is 2.14. The number of amides is 1. The van der Waals surface area contributed by atoms with Gasteiger partial charge in [0.05, 0.1) is 27.5 Å². The van der Waals surface area contributed by atoms with Crippen LogP contribution in [0.3, 0.4) is 0 Å². The molecule has 1 aromatic carbocycles. The van der Waals surface area contributed by atoms with Crippen molar-refractivity contribution in [3.63, 3.8) is 0 Å². The van der Waals surface area contributed by atoms with Crippen molar-refractivity contribution in [3.05, 3.63) is 43.6 Å². The van der Waals surface area contributed by atoms with E-state index in [4.69, 9.17) is 16.3 Å². The second kappa shape index (κ2) is 7.14. The van der Waals surface area contributed by atoms with Crippen LogP contribution in [0.15, 0.2) is 23.2 Å². The van der Waals surface area contributed by atoms with Crippen molar-refractivity contribution in [1.29, 1.82) is 0 Å². The number of nitrogens with zero attached hydrogens (tertiary/aromatic N) is 3. The van der Waals surface area contributed by atoms with Crippen LogP contribution >= 0.6 is 34.3 Å². The molecule has 3 rings (SSSR count). The van der Waals surface area contributed by atoms with Crippen molar-refractivity contribution in [2.75, 3.05) is 13.7 Å². The van der Waals surface area contributed by atoms with E-state index >= 15 is 0 Å². The molecular weight excluding hydrogens is 366 g/mol. The summed E-state index contributed by atoms with van der Waals surface area (Å²) >= 11 is 8.89. The molecule has 0 spiro atoms. The molecular formula is C16H16ClN3O2S2. The number of benzene rings is 1. The Kier molecular flexibility index (Phi) is 5.15. The summed E-state index contributed by atoms with van der Waals surface area (Å²) in [7, 11) is 1.65. The lowest BCUT2D eigenvalue weighted by atomic mass is 10.3. The van der Waals surface area contributed by atoms with Crippen molar-refractivity contribution in [2.45, 2.75) is 20.4 Å². The Morgan fingerprint density at radius 3 is 2.83 bits per heavy atom. The predicted octanol–water partition coefficient (Wildman–Crippen LogP) is 3.82. The number of hydrogen-bond donors (Lipinski definition) is 0. The summed E-state index contributed by atoms with van der Waals surface area (Å²) in [4.78, 5) is 22.4. The number of hydrogen-bond acceptors (Lipinski definition) is 5. The number of aromatic nitrogens is 2. The summed E-state index contributed by atoms with van der Waals surface area (Å²) in [5.41, 5.74) is 1.71. The number of carbonyl (C=O) groups excluding carboxylic acids is 1. The lowest BCUT2D eigenvalue weighted by molar-refractivity contribution is 0.100. The Morgan fingerprint density at radius 2 is 2.17 bits per heavy atom. The molecule has 0 aliphatic carbocycles. The summed E-state index contributed by atoms with van der Waals surface area (Å²) in [5, 5.41) is 1.52. The van der Waals surface area contributed by atoms with Crippen LogP contribution in [-0.2, 0) is 11.3 Å². The number of thiazole rings is 2. The van der Waals surface area contributed by atoms with Gasteiger partial charge in [0.2, 0.25) is 0 Å². The summed E-state index contributed by atoms with van der Waals surface area (Å²) in [6.45, 7) is 4.87. The molecule has 1 amide bonds. The maximum atomic E-state index is 12.6. The molecule has 0 aliphatic heterocycles. The van der Waals surface area contributed by atoms with E-state index in [1.165, 1.54) is 22.7 Å². The average molecular weight is 382 g/mol. The van der Waals surface area contributed by atoms with E-state index in [-0.39, 0.29) is 5.91 Å². The molecule has 0 saturated carbocycles. The highest BCUT2D eigenvalue weighted by atomic mass is 35.5. The third kappa shape index (κ3) is 3.44. The molecule has 3 aromatic rings. The molecule has 0 fully saturated rings. The molecule has 0 unspecified atom stereocenters. The molecule has 2 aromatic heterocycles. The Balaban J connectivity index is 2.13. The maximum absolute atomic E-state index is 12.6. The molecule has 0 aliphatic rings. The lowest BCUT2D eigenvalue weighted by Crippen LogP contribution is -2.19. The fraction of sp³-hybridized carbons (Fsp3) is 0.312. The highest BCUT2D eigenvalue weighted by Crippen LogP contribution is 2.22. The van der Waals surface area contributed by atoms with Crippen LogP contribution in [0.5, 0.6) is 0 Å². The van der Waals surface area contributed by atoms with Crippen LogP contribution in [0.2, 0.25) is 5.02 Å². The van der Waals surface area contributed by atoms with Crippen molar-refractivity contribution in [1.82, 2.24) is 9.55 Å². The van der Waals surface area contributed by atoms with Crippen molar-refractivity contribution < 1.29 is 9.53 Å². The average Bonchev–Trinajstić information content (AvgIpc) is 3.04. The molecule has 0 bridgehead atoms. The number of rotatable bonds is 4. The molecule has 0 saturated heterocycles. The summed E-state index contributed by atoms with van der Waals surface area (Å²) in [5.74, 6) is -0.262. The topological polar surface area (TPSA) is 56.5 Å². The zero-order valence-electron chi connectivity index (χ0n) is 13.5. The summed E-state index contributed by atoms with van der Waals surface area (Å²) < 4.78 is 8.15. The molecule has 0 radical (unpaired) electrons. The van der Waals surface area contributed by atoms with Gasteiger partial charge in [0.15, 0.2) is 4.80 Å². The standard InChI is InChI=1S/C16H16ClN3O2S2/c1-9-14(23-10(2)18-9)15(21)19-16-20(6-7-22-3)12-5-4-11(17)8-13(12)24-16/h4-5,8H,6-7H2,1-3H3. The zero-order chi connectivity index (χ0) is 17.3. The van der Waals surface area contributed by atoms with Gasteiger partial charge < -0.3 is 9.30 Å². The smallest absolute Gasteiger partial charge is 0.291 e. The van der Waals surface area contributed by atoms with Crippen LogP contribution in [-0.4, -0.2) is 29.2 Å².